The van der Waals surface area contributed by atoms with Crippen LogP contribution in [0.1, 0.15) is 22.8 Å². The molecule has 0 unspecified atom stereocenters. The van der Waals surface area contributed by atoms with Crippen LogP contribution in [-0.2, 0) is 6.54 Å². The summed E-state index contributed by atoms with van der Waals surface area (Å²) >= 11 is 6.15. The van der Waals surface area contributed by atoms with E-state index in [9.17, 15) is 4.79 Å². The van der Waals surface area contributed by atoms with E-state index < -0.39 is 0 Å². The van der Waals surface area contributed by atoms with E-state index in [1.54, 1.807) is 12.1 Å². The maximum atomic E-state index is 12.3. The van der Waals surface area contributed by atoms with E-state index in [1.807, 2.05) is 37.3 Å². The molecule has 0 atom stereocenters. The molecule has 0 aliphatic rings. The fourth-order valence-corrected chi connectivity index (χ4v) is 2.33. The maximum Gasteiger partial charge on any atom is 0.251 e. The van der Waals surface area contributed by atoms with E-state index in [4.69, 9.17) is 21.1 Å². The largest absolute Gasteiger partial charge is 0.491 e. The molecule has 0 aromatic heterocycles. The number of halogens is 1. The Morgan fingerprint density at radius 3 is 2.59 bits per heavy atom. The lowest BCUT2D eigenvalue weighted by Crippen LogP contribution is -2.22. The number of carbonyl (C=O) groups is 1. The normalized spacial score (nSPS) is 10.1. The minimum atomic E-state index is -0.214. The van der Waals surface area contributed by atoms with Crippen LogP contribution in [0, 0.1) is 0 Å². The lowest BCUT2D eigenvalue weighted by Gasteiger charge is -2.13. The van der Waals surface area contributed by atoms with Gasteiger partial charge in [-0.2, -0.15) is 0 Å². The molecule has 22 heavy (non-hydrogen) atoms. The molecule has 1 amide bonds. The van der Waals surface area contributed by atoms with Crippen LogP contribution in [0.3, 0.4) is 0 Å². The molecule has 2 rings (SSSR count). The van der Waals surface area contributed by atoms with E-state index in [-0.39, 0.29) is 5.91 Å². The first-order chi connectivity index (χ1) is 10.7. The SMILES string of the molecule is CCOc1cc(C(=O)NCc2ccccc2)cc(Cl)c1OC. The number of hydrogen-bond donors (Lipinski definition) is 1. The predicted octanol–water partition coefficient (Wildman–Crippen LogP) is 3.68. The molecular weight excluding hydrogens is 302 g/mol. The molecule has 0 heterocycles. The number of ether oxygens (including phenoxy) is 2. The third-order valence-electron chi connectivity index (χ3n) is 3.07. The highest BCUT2D eigenvalue weighted by Gasteiger charge is 2.15. The van der Waals surface area contributed by atoms with Gasteiger partial charge >= 0.3 is 0 Å². The van der Waals surface area contributed by atoms with Crippen molar-refractivity contribution < 1.29 is 14.3 Å². The van der Waals surface area contributed by atoms with Crippen LogP contribution in [0.15, 0.2) is 42.5 Å². The predicted molar refractivity (Wildman–Crippen MR) is 86.8 cm³/mol. The minimum Gasteiger partial charge on any atom is -0.491 e. The van der Waals surface area contributed by atoms with E-state index >= 15 is 0 Å². The van der Waals surface area contributed by atoms with Crippen molar-refractivity contribution in [2.45, 2.75) is 13.5 Å². The third kappa shape index (κ3) is 3.92. The summed E-state index contributed by atoms with van der Waals surface area (Å²) < 4.78 is 10.7. The number of carbonyl (C=O) groups excluding carboxylic acids is 1. The summed E-state index contributed by atoms with van der Waals surface area (Å²) in [4.78, 5) is 12.3. The van der Waals surface area contributed by atoms with Gasteiger partial charge in [-0.3, -0.25) is 4.79 Å². The van der Waals surface area contributed by atoms with Crippen LogP contribution < -0.4 is 14.8 Å². The molecule has 2 aromatic rings. The number of methoxy groups -OCH3 is 1. The van der Waals surface area contributed by atoms with E-state index in [0.717, 1.165) is 5.56 Å². The zero-order chi connectivity index (χ0) is 15.9. The highest BCUT2D eigenvalue weighted by Crippen LogP contribution is 2.36. The highest BCUT2D eigenvalue weighted by atomic mass is 35.5. The quantitative estimate of drug-likeness (QED) is 0.883. The summed E-state index contributed by atoms with van der Waals surface area (Å²) in [6, 6.07) is 12.9. The van der Waals surface area contributed by atoms with Crippen LogP contribution in [0.5, 0.6) is 11.5 Å². The topological polar surface area (TPSA) is 47.6 Å². The van der Waals surface area contributed by atoms with Gasteiger partial charge in [0.25, 0.3) is 5.91 Å². The van der Waals surface area contributed by atoms with Gasteiger partial charge in [-0.25, -0.2) is 0 Å². The molecule has 4 nitrogen and oxygen atoms in total. The van der Waals surface area contributed by atoms with Crippen LogP contribution in [0.2, 0.25) is 5.02 Å². The van der Waals surface area contributed by atoms with Crippen molar-refractivity contribution in [1.82, 2.24) is 5.32 Å². The molecular formula is C17H18ClNO3. The van der Waals surface area contributed by atoms with E-state index in [0.29, 0.717) is 35.2 Å². The lowest BCUT2D eigenvalue weighted by molar-refractivity contribution is 0.0950. The number of hydrogen-bond acceptors (Lipinski definition) is 3. The zero-order valence-electron chi connectivity index (χ0n) is 12.6. The average molecular weight is 320 g/mol. The van der Waals surface area contributed by atoms with Gasteiger partial charge in [0.15, 0.2) is 11.5 Å². The van der Waals surface area contributed by atoms with Gasteiger partial charge in [-0.15, -0.1) is 0 Å². The lowest BCUT2D eigenvalue weighted by atomic mass is 10.1. The van der Waals surface area contributed by atoms with Crippen molar-refractivity contribution in [2.75, 3.05) is 13.7 Å². The molecule has 5 heteroatoms. The molecule has 2 aromatic carbocycles. The molecule has 0 saturated heterocycles. The van der Waals surface area contributed by atoms with Crippen molar-refractivity contribution in [3.05, 3.63) is 58.6 Å². The first kappa shape index (κ1) is 16.2. The van der Waals surface area contributed by atoms with Gasteiger partial charge in [0.2, 0.25) is 0 Å². The standard InChI is InChI=1S/C17H18ClNO3/c1-3-22-15-10-13(9-14(18)16(15)21-2)17(20)19-11-12-7-5-4-6-8-12/h4-10H,3,11H2,1-2H3,(H,19,20). The number of benzene rings is 2. The van der Waals surface area contributed by atoms with Crippen molar-refractivity contribution >= 4 is 17.5 Å². The molecule has 1 N–H and O–H groups in total. The minimum absolute atomic E-state index is 0.214. The van der Waals surface area contributed by atoms with Gasteiger partial charge < -0.3 is 14.8 Å². The molecule has 116 valence electrons. The highest BCUT2D eigenvalue weighted by molar-refractivity contribution is 6.32. The first-order valence-electron chi connectivity index (χ1n) is 6.98. The summed E-state index contributed by atoms with van der Waals surface area (Å²) in [5.74, 6) is 0.680. The second-order valence-corrected chi connectivity index (χ2v) is 5.00. The second-order valence-electron chi connectivity index (χ2n) is 4.59. The second kappa shape index (κ2) is 7.71. The van der Waals surface area contributed by atoms with Crippen LogP contribution in [0.4, 0.5) is 0 Å². The van der Waals surface area contributed by atoms with Crippen LogP contribution in [0.25, 0.3) is 0 Å². The average Bonchev–Trinajstić information content (AvgIpc) is 2.53. The summed E-state index contributed by atoms with van der Waals surface area (Å²) in [6.07, 6.45) is 0. The molecule has 0 radical (unpaired) electrons. The van der Waals surface area contributed by atoms with Crippen molar-refractivity contribution in [3.8, 4) is 11.5 Å². The number of rotatable bonds is 6. The zero-order valence-corrected chi connectivity index (χ0v) is 13.3. The van der Waals surface area contributed by atoms with Gasteiger partial charge in [0.05, 0.1) is 18.7 Å². The molecule has 0 aliphatic carbocycles. The Balaban J connectivity index is 2.15. The Bertz CT molecular complexity index is 644. The third-order valence-corrected chi connectivity index (χ3v) is 3.35. The van der Waals surface area contributed by atoms with Crippen LogP contribution in [-0.4, -0.2) is 19.6 Å². The molecule has 0 aliphatic heterocycles. The summed E-state index contributed by atoms with van der Waals surface area (Å²) in [6.45, 7) is 2.77. The number of nitrogens with one attached hydrogen (secondary N) is 1. The Morgan fingerprint density at radius 1 is 1.23 bits per heavy atom. The van der Waals surface area contributed by atoms with Gasteiger partial charge in [0, 0.05) is 12.1 Å². The fraction of sp³-hybridized carbons (Fsp3) is 0.235. The van der Waals surface area contributed by atoms with E-state index in [2.05, 4.69) is 5.32 Å². The van der Waals surface area contributed by atoms with Gasteiger partial charge in [-0.1, -0.05) is 41.9 Å². The maximum absolute atomic E-state index is 12.3. The fourth-order valence-electron chi connectivity index (χ4n) is 2.04. The summed E-state index contributed by atoms with van der Waals surface area (Å²) in [7, 11) is 1.51. The smallest absolute Gasteiger partial charge is 0.251 e. The molecule has 0 bridgehead atoms. The monoisotopic (exact) mass is 319 g/mol. The Labute approximate surface area is 135 Å². The van der Waals surface area contributed by atoms with Crippen molar-refractivity contribution in [1.29, 1.82) is 0 Å². The Morgan fingerprint density at radius 2 is 1.95 bits per heavy atom. The number of amides is 1. The summed E-state index contributed by atoms with van der Waals surface area (Å²) in [5, 5.41) is 3.20. The summed E-state index contributed by atoms with van der Waals surface area (Å²) in [5.41, 5.74) is 1.46. The Hall–Kier alpha value is -2.20. The molecule has 0 spiro atoms. The van der Waals surface area contributed by atoms with Gasteiger partial charge in [0.1, 0.15) is 0 Å². The Kier molecular flexibility index (Phi) is 5.67. The van der Waals surface area contributed by atoms with Crippen molar-refractivity contribution in [3.63, 3.8) is 0 Å². The molecule has 0 fully saturated rings. The van der Waals surface area contributed by atoms with Crippen LogP contribution >= 0.6 is 11.6 Å². The first-order valence-corrected chi connectivity index (χ1v) is 7.36. The van der Waals surface area contributed by atoms with E-state index in [1.165, 1.54) is 7.11 Å². The van der Waals surface area contributed by atoms with Crippen molar-refractivity contribution in [2.24, 2.45) is 0 Å². The molecule has 0 saturated carbocycles. The van der Waals surface area contributed by atoms with Gasteiger partial charge in [-0.05, 0) is 24.6 Å².